The van der Waals surface area contributed by atoms with E-state index in [1.807, 2.05) is 0 Å². The molecule has 1 unspecified atom stereocenters. The highest BCUT2D eigenvalue weighted by Crippen LogP contribution is 2.22. The highest BCUT2D eigenvalue weighted by Gasteiger charge is 2.35. The van der Waals surface area contributed by atoms with E-state index in [0.717, 1.165) is 0 Å². The van der Waals surface area contributed by atoms with Crippen molar-refractivity contribution in [1.29, 1.82) is 0 Å². The molecule has 1 atom stereocenters. The summed E-state index contributed by atoms with van der Waals surface area (Å²) in [5.41, 5.74) is 1.41. The number of nitrogens with zero attached hydrogens (tertiary/aromatic N) is 2. The number of aromatic amines is 1. The Kier molecular flexibility index (Phi) is 3.62. The van der Waals surface area contributed by atoms with Gasteiger partial charge in [0.1, 0.15) is 17.6 Å². The molecule has 1 aromatic heterocycles. The number of hydrogen-bond acceptors (Lipinski definition) is 3. The maximum Gasteiger partial charge on any atom is 0.326 e. The predicted molar refractivity (Wildman–Crippen MR) is 75.7 cm³/mol. The van der Waals surface area contributed by atoms with Crippen LogP contribution in [0.4, 0.5) is 4.39 Å². The third kappa shape index (κ3) is 2.57. The van der Waals surface area contributed by atoms with Gasteiger partial charge in [-0.3, -0.25) is 9.89 Å². The predicted octanol–water partition coefficient (Wildman–Crippen LogP) is 1.90. The van der Waals surface area contributed by atoms with Crippen LogP contribution in [0.5, 0.6) is 0 Å². The van der Waals surface area contributed by atoms with Crippen LogP contribution in [0.1, 0.15) is 23.3 Å². The summed E-state index contributed by atoms with van der Waals surface area (Å²) in [5, 5.41) is 15.8. The number of carbonyl (C=O) groups excluding carboxylic acids is 1. The Morgan fingerprint density at radius 1 is 1.32 bits per heavy atom. The third-order valence-corrected chi connectivity index (χ3v) is 3.75. The average molecular weight is 303 g/mol. The molecular formula is C15H14FN3O3. The third-order valence-electron chi connectivity index (χ3n) is 3.75. The molecular weight excluding hydrogens is 289 g/mol. The monoisotopic (exact) mass is 303 g/mol. The van der Waals surface area contributed by atoms with Crippen LogP contribution in [0.15, 0.2) is 30.3 Å². The first-order valence-corrected chi connectivity index (χ1v) is 6.91. The molecule has 0 bridgehead atoms. The molecule has 6 nitrogen and oxygen atoms in total. The Labute approximate surface area is 125 Å². The number of amides is 1. The van der Waals surface area contributed by atoms with Crippen molar-refractivity contribution in [2.45, 2.75) is 18.9 Å². The molecule has 2 aromatic rings. The van der Waals surface area contributed by atoms with Crippen molar-refractivity contribution in [2.24, 2.45) is 0 Å². The zero-order valence-corrected chi connectivity index (χ0v) is 11.6. The van der Waals surface area contributed by atoms with Crippen molar-refractivity contribution >= 4 is 11.9 Å². The maximum absolute atomic E-state index is 12.9. The van der Waals surface area contributed by atoms with Gasteiger partial charge in [-0.25, -0.2) is 9.18 Å². The van der Waals surface area contributed by atoms with Crippen molar-refractivity contribution < 1.29 is 19.1 Å². The van der Waals surface area contributed by atoms with Gasteiger partial charge in [0.25, 0.3) is 5.91 Å². The van der Waals surface area contributed by atoms with Crippen LogP contribution in [0.2, 0.25) is 0 Å². The van der Waals surface area contributed by atoms with Crippen molar-refractivity contribution in [3.63, 3.8) is 0 Å². The van der Waals surface area contributed by atoms with E-state index in [9.17, 15) is 14.0 Å². The van der Waals surface area contributed by atoms with Gasteiger partial charge in [-0.15, -0.1) is 0 Å². The summed E-state index contributed by atoms with van der Waals surface area (Å²) in [6, 6.07) is 6.52. The van der Waals surface area contributed by atoms with Crippen LogP contribution in [0.25, 0.3) is 11.3 Å². The van der Waals surface area contributed by atoms with Gasteiger partial charge >= 0.3 is 5.97 Å². The fourth-order valence-electron chi connectivity index (χ4n) is 2.62. The lowest BCUT2D eigenvalue weighted by molar-refractivity contribution is -0.141. The molecule has 2 N–H and O–H groups in total. The summed E-state index contributed by atoms with van der Waals surface area (Å²) in [6.45, 7) is 0.417. The minimum absolute atomic E-state index is 0.229. The van der Waals surface area contributed by atoms with E-state index in [1.165, 1.54) is 17.0 Å². The number of carbonyl (C=O) groups is 2. The molecule has 2 heterocycles. The van der Waals surface area contributed by atoms with Crippen LogP contribution >= 0.6 is 0 Å². The van der Waals surface area contributed by atoms with Crippen LogP contribution < -0.4 is 0 Å². The number of hydrogen-bond donors (Lipinski definition) is 2. The second-order valence-corrected chi connectivity index (χ2v) is 5.17. The number of aromatic nitrogens is 2. The molecule has 0 radical (unpaired) electrons. The van der Waals surface area contributed by atoms with Crippen molar-refractivity contribution in [2.75, 3.05) is 6.54 Å². The van der Waals surface area contributed by atoms with Gasteiger partial charge in [0.2, 0.25) is 0 Å². The van der Waals surface area contributed by atoms with Crippen LogP contribution in [-0.4, -0.2) is 44.7 Å². The number of likely N-dealkylation sites (tertiary alicyclic amines) is 1. The smallest absolute Gasteiger partial charge is 0.326 e. The molecule has 1 amide bonds. The van der Waals surface area contributed by atoms with Gasteiger partial charge in [-0.2, -0.15) is 5.10 Å². The standard InChI is InChI=1S/C15H14FN3O3/c16-10-5-3-9(4-6-10)11-8-12(18-17-11)14(20)19-7-1-2-13(19)15(21)22/h3-6,8,13H,1-2,7H2,(H,17,18)(H,21,22). The summed E-state index contributed by atoms with van der Waals surface area (Å²) < 4.78 is 12.9. The van der Waals surface area contributed by atoms with E-state index in [2.05, 4.69) is 10.2 Å². The zero-order chi connectivity index (χ0) is 15.7. The summed E-state index contributed by atoms with van der Waals surface area (Å²) in [4.78, 5) is 24.9. The van der Waals surface area contributed by atoms with Crippen molar-refractivity contribution in [3.8, 4) is 11.3 Å². The molecule has 0 spiro atoms. The van der Waals surface area contributed by atoms with Crippen LogP contribution in [0, 0.1) is 5.82 Å². The summed E-state index contributed by atoms with van der Waals surface area (Å²) in [5.74, 6) is -1.73. The normalized spacial score (nSPS) is 17.7. The Bertz CT molecular complexity index is 711. The number of rotatable bonds is 3. The zero-order valence-electron chi connectivity index (χ0n) is 11.6. The topological polar surface area (TPSA) is 86.3 Å². The molecule has 0 saturated carbocycles. The Balaban J connectivity index is 1.82. The Morgan fingerprint density at radius 3 is 2.73 bits per heavy atom. The molecule has 3 rings (SSSR count). The number of aliphatic carboxylic acids is 1. The van der Waals surface area contributed by atoms with Crippen LogP contribution in [-0.2, 0) is 4.79 Å². The van der Waals surface area contributed by atoms with Gasteiger partial charge in [0, 0.05) is 12.1 Å². The molecule has 1 aromatic carbocycles. The highest BCUT2D eigenvalue weighted by atomic mass is 19.1. The van der Waals surface area contributed by atoms with E-state index in [1.54, 1.807) is 18.2 Å². The average Bonchev–Trinajstić information content (AvgIpc) is 3.17. The van der Waals surface area contributed by atoms with E-state index in [4.69, 9.17) is 5.11 Å². The number of H-pyrrole nitrogens is 1. The lowest BCUT2D eigenvalue weighted by Gasteiger charge is -2.20. The SMILES string of the molecule is O=C(O)C1CCCN1C(=O)c1cc(-c2ccc(F)cc2)n[nH]1. The quantitative estimate of drug-likeness (QED) is 0.906. The maximum atomic E-state index is 12.9. The first-order valence-electron chi connectivity index (χ1n) is 6.91. The molecule has 0 aliphatic carbocycles. The number of nitrogens with one attached hydrogen (secondary N) is 1. The minimum atomic E-state index is -0.996. The second kappa shape index (κ2) is 5.59. The number of carboxylic acid groups (broad SMARTS) is 1. The fourth-order valence-corrected chi connectivity index (χ4v) is 2.62. The minimum Gasteiger partial charge on any atom is -0.480 e. The molecule has 7 heteroatoms. The van der Waals surface area contributed by atoms with Crippen molar-refractivity contribution in [3.05, 3.63) is 41.8 Å². The number of carboxylic acids is 1. The summed E-state index contributed by atoms with van der Waals surface area (Å²) in [6.07, 6.45) is 1.13. The number of halogens is 1. The van der Waals surface area contributed by atoms with E-state index >= 15 is 0 Å². The molecule has 1 aliphatic rings. The summed E-state index contributed by atoms with van der Waals surface area (Å²) in [7, 11) is 0. The molecule has 22 heavy (non-hydrogen) atoms. The van der Waals surface area contributed by atoms with E-state index < -0.39 is 12.0 Å². The van der Waals surface area contributed by atoms with E-state index in [0.29, 0.717) is 30.6 Å². The van der Waals surface area contributed by atoms with Gasteiger partial charge < -0.3 is 10.0 Å². The first-order chi connectivity index (χ1) is 10.6. The Morgan fingerprint density at radius 2 is 2.05 bits per heavy atom. The Hall–Kier alpha value is -2.70. The van der Waals surface area contributed by atoms with Crippen LogP contribution in [0.3, 0.4) is 0 Å². The molecule has 1 aliphatic heterocycles. The van der Waals surface area contributed by atoms with Gasteiger partial charge in [0.05, 0.1) is 5.69 Å². The lowest BCUT2D eigenvalue weighted by atomic mass is 10.1. The van der Waals surface area contributed by atoms with E-state index in [-0.39, 0.29) is 17.4 Å². The molecule has 1 fully saturated rings. The largest absolute Gasteiger partial charge is 0.480 e. The molecule has 114 valence electrons. The summed E-state index contributed by atoms with van der Waals surface area (Å²) >= 11 is 0. The van der Waals surface area contributed by atoms with Crippen molar-refractivity contribution in [1.82, 2.24) is 15.1 Å². The fraction of sp³-hybridized carbons (Fsp3) is 0.267. The van der Waals surface area contributed by atoms with Gasteiger partial charge in [0.15, 0.2) is 0 Å². The molecule has 1 saturated heterocycles. The van der Waals surface area contributed by atoms with Gasteiger partial charge in [-0.1, -0.05) is 0 Å². The first kappa shape index (κ1) is 14.2. The lowest BCUT2D eigenvalue weighted by Crippen LogP contribution is -2.40. The van der Waals surface area contributed by atoms with Gasteiger partial charge in [-0.05, 0) is 43.2 Å². The highest BCUT2D eigenvalue weighted by molar-refractivity contribution is 5.96. The number of benzene rings is 1. The second-order valence-electron chi connectivity index (χ2n) is 5.17.